The van der Waals surface area contributed by atoms with Gasteiger partial charge in [0.2, 0.25) is 0 Å². The predicted octanol–water partition coefficient (Wildman–Crippen LogP) is 3.30. The number of carbonyl (C=O) groups is 1. The SMILES string of the molecule is O=C(c1coc(C2CCOCC2)n1)N1CCCc2ccc(F)cc21. The van der Waals surface area contributed by atoms with Gasteiger partial charge in [0.25, 0.3) is 5.91 Å². The molecule has 0 aliphatic carbocycles. The molecule has 0 atom stereocenters. The van der Waals surface area contributed by atoms with Crippen LogP contribution in [0.15, 0.2) is 28.9 Å². The second-order valence-corrected chi connectivity index (χ2v) is 6.29. The molecule has 2 aromatic rings. The lowest BCUT2D eigenvalue weighted by Gasteiger charge is -2.28. The van der Waals surface area contributed by atoms with Gasteiger partial charge < -0.3 is 14.1 Å². The molecule has 4 rings (SSSR count). The van der Waals surface area contributed by atoms with E-state index in [1.165, 1.54) is 18.4 Å². The van der Waals surface area contributed by atoms with Gasteiger partial charge in [0.15, 0.2) is 11.6 Å². The average molecular weight is 330 g/mol. The topological polar surface area (TPSA) is 55.6 Å². The summed E-state index contributed by atoms with van der Waals surface area (Å²) in [5.74, 6) is 0.226. The number of aryl methyl sites for hydroxylation is 1. The van der Waals surface area contributed by atoms with Gasteiger partial charge in [-0.2, -0.15) is 0 Å². The fraction of sp³-hybridized carbons (Fsp3) is 0.444. The van der Waals surface area contributed by atoms with Crippen LogP contribution in [0.4, 0.5) is 10.1 Å². The number of anilines is 1. The molecule has 5 nitrogen and oxygen atoms in total. The number of rotatable bonds is 2. The van der Waals surface area contributed by atoms with Gasteiger partial charge in [-0.05, 0) is 43.4 Å². The minimum absolute atomic E-state index is 0.200. The molecular formula is C18H19FN2O3. The van der Waals surface area contributed by atoms with Crippen LogP contribution in [0, 0.1) is 5.82 Å². The van der Waals surface area contributed by atoms with E-state index in [1.807, 2.05) is 0 Å². The first-order valence-electron chi connectivity index (χ1n) is 8.36. The van der Waals surface area contributed by atoms with Crippen molar-refractivity contribution < 1.29 is 18.3 Å². The summed E-state index contributed by atoms with van der Waals surface area (Å²) in [6.45, 7) is 1.94. The lowest BCUT2D eigenvalue weighted by atomic mass is 10.0. The Hall–Kier alpha value is -2.21. The Bertz CT molecular complexity index is 752. The Morgan fingerprint density at radius 1 is 1.29 bits per heavy atom. The summed E-state index contributed by atoms with van der Waals surface area (Å²) in [6, 6.07) is 4.61. The maximum absolute atomic E-state index is 13.6. The molecule has 1 amide bonds. The third-order valence-electron chi connectivity index (χ3n) is 4.72. The number of hydrogen-bond acceptors (Lipinski definition) is 4. The summed E-state index contributed by atoms with van der Waals surface area (Å²) in [5.41, 5.74) is 1.92. The lowest BCUT2D eigenvalue weighted by Crippen LogP contribution is -2.35. The van der Waals surface area contributed by atoms with Gasteiger partial charge in [-0.25, -0.2) is 9.37 Å². The van der Waals surface area contributed by atoms with Crippen molar-refractivity contribution in [2.24, 2.45) is 0 Å². The number of ether oxygens (including phenoxy) is 1. The van der Waals surface area contributed by atoms with E-state index in [0.717, 1.165) is 31.2 Å². The monoisotopic (exact) mass is 330 g/mol. The molecule has 6 heteroatoms. The normalized spacial score (nSPS) is 18.5. The Balaban J connectivity index is 1.59. The highest BCUT2D eigenvalue weighted by molar-refractivity contribution is 6.05. The molecule has 2 aliphatic rings. The van der Waals surface area contributed by atoms with E-state index in [2.05, 4.69) is 4.98 Å². The minimum Gasteiger partial charge on any atom is -0.448 e. The van der Waals surface area contributed by atoms with Crippen molar-refractivity contribution >= 4 is 11.6 Å². The van der Waals surface area contributed by atoms with Crippen LogP contribution >= 0.6 is 0 Å². The molecule has 0 saturated carbocycles. The second kappa shape index (κ2) is 6.36. The zero-order valence-corrected chi connectivity index (χ0v) is 13.3. The number of fused-ring (bicyclic) bond motifs is 1. The van der Waals surface area contributed by atoms with Crippen LogP contribution in [0.2, 0.25) is 0 Å². The smallest absolute Gasteiger partial charge is 0.280 e. The Labute approximate surface area is 139 Å². The molecule has 1 saturated heterocycles. The van der Waals surface area contributed by atoms with Gasteiger partial charge in [0, 0.05) is 25.7 Å². The first-order chi connectivity index (χ1) is 11.7. The molecule has 1 fully saturated rings. The zero-order valence-electron chi connectivity index (χ0n) is 13.3. The van der Waals surface area contributed by atoms with Crippen molar-refractivity contribution in [2.75, 3.05) is 24.7 Å². The van der Waals surface area contributed by atoms with Crippen LogP contribution in [0.1, 0.15) is 47.1 Å². The molecule has 3 heterocycles. The number of nitrogens with zero attached hydrogens (tertiary/aromatic N) is 2. The summed E-state index contributed by atoms with van der Waals surface area (Å²) < 4.78 is 24.5. The van der Waals surface area contributed by atoms with E-state index in [1.54, 1.807) is 11.0 Å². The van der Waals surface area contributed by atoms with E-state index >= 15 is 0 Å². The van der Waals surface area contributed by atoms with Crippen molar-refractivity contribution in [1.29, 1.82) is 0 Å². The fourth-order valence-electron chi connectivity index (χ4n) is 3.41. The third-order valence-corrected chi connectivity index (χ3v) is 4.72. The number of carbonyl (C=O) groups excluding carboxylic acids is 1. The predicted molar refractivity (Wildman–Crippen MR) is 85.7 cm³/mol. The van der Waals surface area contributed by atoms with Crippen LogP contribution in [0.5, 0.6) is 0 Å². The molecule has 0 bridgehead atoms. The van der Waals surface area contributed by atoms with Gasteiger partial charge in [-0.3, -0.25) is 4.79 Å². The molecular weight excluding hydrogens is 311 g/mol. The van der Waals surface area contributed by atoms with Crippen LogP contribution in [0.3, 0.4) is 0 Å². The zero-order chi connectivity index (χ0) is 16.5. The maximum atomic E-state index is 13.6. The summed E-state index contributed by atoms with van der Waals surface area (Å²) in [4.78, 5) is 18.8. The van der Waals surface area contributed by atoms with Crippen molar-refractivity contribution in [3.05, 3.63) is 47.4 Å². The van der Waals surface area contributed by atoms with Gasteiger partial charge in [0.1, 0.15) is 12.1 Å². The van der Waals surface area contributed by atoms with Crippen molar-refractivity contribution in [3.63, 3.8) is 0 Å². The summed E-state index contributed by atoms with van der Waals surface area (Å²) in [7, 11) is 0. The Morgan fingerprint density at radius 2 is 2.12 bits per heavy atom. The first-order valence-corrected chi connectivity index (χ1v) is 8.36. The van der Waals surface area contributed by atoms with Crippen molar-refractivity contribution in [3.8, 4) is 0 Å². The van der Waals surface area contributed by atoms with E-state index in [9.17, 15) is 9.18 Å². The second-order valence-electron chi connectivity index (χ2n) is 6.29. The summed E-state index contributed by atoms with van der Waals surface area (Å²) in [6.07, 6.45) is 4.83. The number of amides is 1. The number of benzene rings is 1. The maximum Gasteiger partial charge on any atom is 0.280 e. The molecule has 126 valence electrons. The fourth-order valence-corrected chi connectivity index (χ4v) is 3.41. The highest BCUT2D eigenvalue weighted by Gasteiger charge is 2.28. The van der Waals surface area contributed by atoms with Gasteiger partial charge in [0.05, 0.1) is 5.69 Å². The molecule has 0 radical (unpaired) electrons. The van der Waals surface area contributed by atoms with Crippen LogP contribution in [-0.4, -0.2) is 30.6 Å². The van der Waals surface area contributed by atoms with E-state index in [-0.39, 0.29) is 23.3 Å². The number of hydrogen-bond donors (Lipinski definition) is 0. The molecule has 24 heavy (non-hydrogen) atoms. The summed E-state index contributed by atoms with van der Waals surface area (Å²) in [5, 5.41) is 0. The van der Waals surface area contributed by atoms with Crippen LogP contribution in [-0.2, 0) is 11.2 Å². The van der Waals surface area contributed by atoms with E-state index in [4.69, 9.17) is 9.15 Å². The number of aromatic nitrogens is 1. The van der Waals surface area contributed by atoms with Gasteiger partial charge in [-0.15, -0.1) is 0 Å². The van der Waals surface area contributed by atoms with Crippen LogP contribution < -0.4 is 4.90 Å². The third kappa shape index (κ3) is 2.82. The molecule has 0 unspecified atom stereocenters. The van der Waals surface area contributed by atoms with Crippen molar-refractivity contribution in [1.82, 2.24) is 4.98 Å². The Kier molecular flexibility index (Phi) is 4.06. The van der Waals surface area contributed by atoms with Gasteiger partial charge in [-0.1, -0.05) is 6.07 Å². The van der Waals surface area contributed by atoms with E-state index in [0.29, 0.717) is 31.3 Å². The highest BCUT2D eigenvalue weighted by Crippen LogP contribution is 2.30. The standard InChI is InChI=1S/C18H19FN2O3/c19-14-4-3-12-2-1-7-21(16(12)10-14)18(22)15-11-24-17(20-15)13-5-8-23-9-6-13/h3-4,10-11,13H,1-2,5-9H2. The molecule has 2 aliphatic heterocycles. The molecule has 0 N–H and O–H groups in total. The first kappa shape index (κ1) is 15.3. The molecule has 0 spiro atoms. The average Bonchev–Trinajstić information content (AvgIpc) is 3.11. The largest absolute Gasteiger partial charge is 0.448 e. The minimum atomic E-state index is -0.337. The summed E-state index contributed by atoms with van der Waals surface area (Å²) >= 11 is 0. The molecule has 1 aromatic heterocycles. The highest BCUT2D eigenvalue weighted by atomic mass is 19.1. The number of oxazole rings is 1. The lowest BCUT2D eigenvalue weighted by molar-refractivity contribution is 0.0794. The van der Waals surface area contributed by atoms with E-state index < -0.39 is 0 Å². The van der Waals surface area contributed by atoms with Crippen molar-refractivity contribution in [2.45, 2.75) is 31.6 Å². The Morgan fingerprint density at radius 3 is 2.96 bits per heavy atom. The molecule has 1 aromatic carbocycles. The quantitative estimate of drug-likeness (QED) is 0.848. The van der Waals surface area contributed by atoms with Gasteiger partial charge >= 0.3 is 0 Å². The van der Waals surface area contributed by atoms with Crippen LogP contribution in [0.25, 0.3) is 0 Å². The number of halogens is 1.